The first-order valence-corrected chi connectivity index (χ1v) is 7.17. The third kappa shape index (κ3) is 2.92. The van der Waals surface area contributed by atoms with Gasteiger partial charge in [0.15, 0.2) is 0 Å². The quantitative estimate of drug-likeness (QED) is 0.566. The van der Waals surface area contributed by atoms with Crippen LogP contribution in [0.3, 0.4) is 0 Å². The summed E-state index contributed by atoms with van der Waals surface area (Å²) in [5, 5.41) is 17.3. The summed E-state index contributed by atoms with van der Waals surface area (Å²) in [6, 6.07) is 4.40. The van der Waals surface area contributed by atoms with Gasteiger partial charge in [-0.1, -0.05) is 0 Å². The summed E-state index contributed by atoms with van der Waals surface area (Å²) < 4.78 is 22.5. The van der Waals surface area contributed by atoms with Crippen molar-refractivity contribution in [1.82, 2.24) is 0 Å². The second-order valence-electron chi connectivity index (χ2n) is 4.85. The van der Waals surface area contributed by atoms with Crippen LogP contribution in [0.15, 0.2) is 23.1 Å². The summed E-state index contributed by atoms with van der Waals surface area (Å²) in [5.41, 5.74) is 6.50. The van der Waals surface area contributed by atoms with Crippen LogP contribution in [0, 0.1) is 5.41 Å². The molecule has 6 nitrogen and oxygen atoms in total. The van der Waals surface area contributed by atoms with E-state index < -0.39 is 10.0 Å². The van der Waals surface area contributed by atoms with Gasteiger partial charge in [-0.05, 0) is 31.0 Å². The van der Waals surface area contributed by atoms with Crippen molar-refractivity contribution in [2.24, 2.45) is 10.6 Å². The molecule has 1 aliphatic carbocycles. The Morgan fingerprint density at radius 2 is 2.00 bits per heavy atom. The molecule has 1 aliphatic rings. The highest BCUT2D eigenvalue weighted by atomic mass is 32.2. The maximum absolute atomic E-state index is 11.3. The monoisotopic (exact) mass is 271 g/mol. The van der Waals surface area contributed by atoms with Gasteiger partial charge in [0.2, 0.25) is 10.0 Å². The molecule has 0 spiro atoms. The molecule has 1 fully saturated rings. The number of nitrogens with one attached hydrogen (secondary N) is 1. The van der Waals surface area contributed by atoms with E-state index in [-0.39, 0.29) is 16.9 Å². The van der Waals surface area contributed by atoms with Gasteiger partial charge in [0.05, 0.1) is 11.5 Å². The van der Waals surface area contributed by atoms with Crippen molar-refractivity contribution in [3.8, 4) is 0 Å². The number of anilines is 2. The second kappa shape index (κ2) is 4.42. The molecule has 100 valence electrons. The Balaban J connectivity index is 2.16. The molecule has 6 N–H and O–H groups in total. The van der Waals surface area contributed by atoms with Crippen LogP contribution in [-0.2, 0) is 10.0 Å². The number of aliphatic hydroxyl groups is 1. The third-order valence-electron chi connectivity index (χ3n) is 3.22. The van der Waals surface area contributed by atoms with Crippen molar-refractivity contribution in [2.45, 2.75) is 17.7 Å². The van der Waals surface area contributed by atoms with Gasteiger partial charge in [-0.15, -0.1) is 0 Å². The van der Waals surface area contributed by atoms with Gasteiger partial charge in [-0.3, -0.25) is 0 Å². The Morgan fingerprint density at radius 1 is 1.33 bits per heavy atom. The lowest BCUT2D eigenvalue weighted by atomic mass is 10.1. The Hall–Kier alpha value is -1.31. The van der Waals surface area contributed by atoms with E-state index in [9.17, 15) is 13.5 Å². The molecule has 0 aliphatic heterocycles. The Bertz CT molecular complexity index is 553. The molecular formula is C11H17N3O3S. The van der Waals surface area contributed by atoms with Crippen molar-refractivity contribution in [3.05, 3.63) is 18.2 Å². The number of aliphatic hydroxyl groups excluding tert-OH is 1. The maximum atomic E-state index is 11.3. The summed E-state index contributed by atoms with van der Waals surface area (Å²) in [7, 11) is -3.76. The van der Waals surface area contributed by atoms with Crippen LogP contribution in [0.25, 0.3) is 0 Å². The minimum Gasteiger partial charge on any atom is -0.399 e. The highest BCUT2D eigenvalue weighted by molar-refractivity contribution is 7.89. The molecule has 0 heterocycles. The smallest absolute Gasteiger partial charge is 0.238 e. The number of benzene rings is 1. The number of hydrogen-bond acceptors (Lipinski definition) is 5. The van der Waals surface area contributed by atoms with Crippen LogP contribution < -0.4 is 16.2 Å². The van der Waals surface area contributed by atoms with Crippen LogP contribution in [0.4, 0.5) is 11.4 Å². The zero-order valence-electron chi connectivity index (χ0n) is 9.89. The molecule has 0 atom stereocenters. The van der Waals surface area contributed by atoms with E-state index in [1.165, 1.54) is 12.1 Å². The molecule has 18 heavy (non-hydrogen) atoms. The van der Waals surface area contributed by atoms with E-state index in [4.69, 9.17) is 10.9 Å². The summed E-state index contributed by atoms with van der Waals surface area (Å²) in [4.78, 5) is -0.0150. The molecule has 0 radical (unpaired) electrons. The topological polar surface area (TPSA) is 118 Å². The maximum Gasteiger partial charge on any atom is 0.238 e. The predicted molar refractivity (Wildman–Crippen MR) is 69.5 cm³/mol. The lowest BCUT2D eigenvalue weighted by molar-refractivity contribution is 0.220. The fraction of sp³-hybridized carbons (Fsp3) is 0.455. The number of hydrogen-bond donors (Lipinski definition) is 4. The molecule has 1 aromatic rings. The first-order valence-electron chi connectivity index (χ1n) is 5.63. The molecule has 0 amide bonds. The van der Waals surface area contributed by atoms with Gasteiger partial charge < -0.3 is 16.2 Å². The SMILES string of the molecule is Nc1cc(NCC2(CO)CC2)cc(S(N)(=O)=O)c1. The number of nitrogens with two attached hydrogens (primary N) is 2. The molecule has 0 unspecified atom stereocenters. The van der Waals surface area contributed by atoms with Crippen molar-refractivity contribution in [2.75, 3.05) is 24.2 Å². The lowest BCUT2D eigenvalue weighted by Gasteiger charge is -2.14. The van der Waals surface area contributed by atoms with Gasteiger partial charge in [0.1, 0.15) is 0 Å². The van der Waals surface area contributed by atoms with Crippen molar-refractivity contribution in [3.63, 3.8) is 0 Å². The number of rotatable bonds is 5. The van der Waals surface area contributed by atoms with E-state index in [0.29, 0.717) is 17.9 Å². The lowest BCUT2D eigenvalue weighted by Crippen LogP contribution is -2.19. The fourth-order valence-corrected chi connectivity index (χ4v) is 2.34. The largest absolute Gasteiger partial charge is 0.399 e. The average Bonchev–Trinajstić information content (AvgIpc) is 3.05. The molecule has 1 saturated carbocycles. The molecule has 0 bridgehead atoms. The van der Waals surface area contributed by atoms with Crippen LogP contribution in [-0.4, -0.2) is 26.7 Å². The zero-order valence-corrected chi connectivity index (χ0v) is 10.7. The van der Waals surface area contributed by atoms with Gasteiger partial charge in [-0.2, -0.15) is 0 Å². The molecule has 7 heteroatoms. The van der Waals surface area contributed by atoms with E-state index in [2.05, 4.69) is 5.32 Å². The minimum absolute atomic E-state index is 0.0150. The third-order valence-corrected chi connectivity index (χ3v) is 4.11. The Morgan fingerprint density at radius 3 is 2.50 bits per heavy atom. The summed E-state index contributed by atoms with van der Waals surface area (Å²) in [6.45, 7) is 0.724. The fourth-order valence-electron chi connectivity index (χ4n) is 1.75. The molecule has 0 aromatic heterocycles. The van der Waals surface area contributed by atoms with Crippen molar-refractivity contribution < 1.29 is 13.5 Å². The molecule has 2 rings (SSSR count). The number of primary sulfonamides is 1. The average molecular weight is 271 g/mol. The van der Waals surface area contributed by atoms with E-state index in [0.717, 1.165) is 12.8 Å². The number of sulfonamides is 1. The van der Waals surface area contributed by atoms with E-state index in [1.54, 1.807) is 6.07 Å². The highest BCUT2D eigenvalue weighted by Crippen LogP contribution is 2.45. The second-order valence-corrected chi connectivity index (χ2v) is 6.41. The summed E-state index contributed by atoms with van der Waals surface area (Å²) >= 11 is 0. The predicted octanol–water partition coefficient (Wildman–Crippen LogP) is 0.101. The standard InChI is InChI=1S/C11H17N3O3S/c12-8-3-9(5-10(4-8)18(13,16)17)14-6-11(7-15)1-2-11/h3-5,14-15H,1-2,6-7,12H2,(H2,13,16,17). The van der Waals surface area contributed by atoms with Crippen molar-refractivity contribution in [1.29, 1.82) is 0 Å². The van der Waals surface area contributed by atoms with Crippen LogP contribution in [0.2, 0.25) is 0 Å². The molecule has 1 aromatic carbocycles. The normalized spacial score (nSPS) is 17.4. The van der Waals surface area contributed by atoms with Crippen molar-refractivity contribution >= 4 is 21.4 Å². The molecular weight excluding hydrogens is 254 g/mol. The van der Waals surface area contributed by atoms with E-state index in [1.807, 2.05) is 0 Å². The minimum atomic E-state index is -3.76. The van der Waals surface area contributed by atoms with E-state index >= 15 is 0 Å². The first kappa shape index (κ1) is 13.1. The first-order chi connectivity index (χ1) is 8.35. The molecule has 0 saturated heterocycles. The van der Waals surface area contributed by atoms with Gasteiger partial charge in [-0.25, -0.2) is 13.6 Å². The Labute approximate surface area is 106 Å². The summed E-state index contributed by atoms with van der Waals surface area (Å²) in [5.74, 6) is 0. The van der Waals surface area contributed by atoms with Gasteiger partial charge >= 0.3 is 0 Å². The van der Waals surface area contributed by atoms with Gasteiger partial charge in [0, 0.05) is 23.3 Å². The number of nitrogen functional groups attached to an aromatic ring is 1. The van der Waals surface area contributed by atoms with Crippen LogP contribution in [0.1, 0.15) is 12.8 Å². The summed E-state index contributed by atoms with van der Waals surface area (Å²) in [6.07, 6.45) is 1.95. The van der Waals surface area contributed by atoms with Crippen LogP contribution in [0.5, 0.6) is 0 Å². The van der Waals surface area contributed by atoms with Crippen LogP contribution >= 0.6 is 0 Å². The van der Waals surface area contributed by atoms with Gasteiger partial charge in [0.25, 0.3) is 0 Å². The Kier molecular flexibility index (Phi) is 3.22. The zero-order chi connectivity index (χ0) is 13.4. The highest BCUT2D eigenvalue weighted by Gasteiger charge is 2.41.